The summed E-state index contributed by atoms with van der Waals surface area (Å²) >= 11 is 0. The Morgan fingerprint density at radius 2 is 1.97 bits per heavy atom. The summed E-state index contributed by atoms with van der Waals surface area (Å²) in [4.78, 5) is 27.3. The molecule has 1 atom stereocenters. The molecule has 8 heteroatoms. The number of Topliss-reactive ketones (excluding diaryl/α,β-unsaturated/α-hetero) is 1. The van der Waals surface area contributed by atoms with Crippen molar-refractivity contribution in [2.24, 2.45) is 5.92 Å². The van der Waals surface area contributed by atoms with Gasteiger partial charge in [-0.2, -0.15) is 4.98 Å². The van der Waals surface area contributed by atoms with Crippen LogP contribution in [0.25, 0.3) is 11.4 Å². The number of ketones is 1. The number of aromatic carboxylic acids is 1. The monoisotopic (exact) mass is 410 g/mol. The number of rotatable bonds is 8. The van der Waals surface area contributed by atoms with Crippen molar-refractivity contribution in [3.8, 4) is 17.1 Å². The van der Waals surface area contributed by atoms with E-state index in [1.54, 1.807) is 24.3 Å². The minimum atomic E-state index is -1.35. The minimum Gasteiger partial charge on any atom is -0.481 e. The highest BCUT2D eigenvalue weighted by Crippen LogP contribution is 2.33. The van der Waals surface area contributed by atoms with Crippen molar-refractivity contribution < 1.29 is 28.3 Å². The largest absolute Gasteiger partial charge is 0.481 e. The topological polar surface area (TPSA) is 103 Å². The van der Waals surface area contributed by atoms with Crippen molar-refractivity contribution >= 4 is 11.8 Å². The first kappa shape index (κ1) is 19.8. The number of halogens is 1. The van der Waals surface area contributed by atoms with Gasteiger partial charge in [-0.3, -0.25) is 4.79 Å². The second-order valence-electron chi connectivity index (χ2n) is 7.13. The van der Waals surface area contributed by atoms with Gasteiger partial charge in [-0.15, -0.1) is 0 Å². The first-order chi connectivity index (χ1) is 14.5. The summed E-state index contributed by atoms with van der Waals surface area (Å²) in [5, 5.41) is 12.8. The standard InChI is InChI=1S/C22H19FN2O5/c1-2-18(29-15-8-5-13(6-9-15)19(26)12-3-4-12)21-24-20(25-30-21)14-7-10-16(22(27)28)17(23)11-14/h5-12,18H,2-4H2,1H3,(H,27,28)/t18-/m1/s1. The molecule has 3 aromatic rings. The summed E-state index contributed by atoms with van der Waals surface area (Å²) in [6.07, 6.45) is 1.92. The third-order valence-electron chi connectivity index (χ3n) is 4.91. The molecule has 0 unspecified atom stereocenters. The zero-order chi connectivity index (χ0) is 21.3. The summed E-state index contributed by atoms with van der Waals surface area (Å²) in [6.45, 7) is 1.89. The molecule has 2 aromatic carbocycles. The average molecular weight is 410 g/mol. The van der Waals surface area contributed by atoms with Crippen molar-refractivity contribution in [2.45, 2.75) is 32.3 Å². The first-order valence-electron chi connectivity index (χ1n) is 9.64. The lowest BCUT2D eigenvalue weighted by atomic mass is 10.1. The number of benzene rings is 2. The maximum absolute atomic E-state index is 13.9. The van der Waals surface area contributed by atoms with E-state index in [1.807, 2.05) is 6.92 Å². The number of nitrogens with zero attached hydrogens (tertiary/aromatic N) is 2. The number of carboxylic acids is 1. The molecule has 0 radical (unpaired) electrons. The predicted molar refractivity (Wildman–Crippen MR) is 104 cm³/mol. The fraction of sp³-hybridized carbons (Fsp3) is 0.273. The zero-order valence-corrected chi connectivity index (χ0v) is 16.2. The normalized spacial score (nSPS) is 14.3. The van der Waals surface area contributed by atoms with Gasteiger partial charge in [0.2, 0.25) is 5.82 Å². The van der Waals surface area contributed by atoms with E-state index in [4.69, 9.17) is 14.4 Å². The molecule has 1 aliphatic rings. The minimum absolute atomic E-state index is 0.133. The van der Waals surface area contributed by atoms with Gasteiger partial charge in [0.15, 0.2) is 11.9 Å². The molecule has 0 amide bonds. The third-order valence-corrected chi connectivity index (χ3v) is 4.91. The van der Waals surface area contributed by atoms with Crippen LogP contribution in [-0.2, 0) is 0 Å². The lowest BCUT2D eigenvalue weighted by Crippen LogP contribution is -2.07. The first-order valence-corrected chi connectivity index (χ1v) is 9.64. The van der Waals surface area contributed by atoms with Crippen molar-refractivity contribution in [3.63, 3.8) is 0 Å². The smallest absolute Gasteiger partial charge is 0.338 e. The fourth-order valence-electron chi connectivity index (χ4n) is 3.06. The Hall–Kier alpha value is -3.55. The number of carbonyl (C=O) groups excluding carboxylic acids is 1. The Kier molecular flexibility index (Phi) is 5.31. The molecule has 7 nitrogen and oxygen atoms in total. The quantitative estimate of drug-likeness (QED) is 0.537. The van der Waals surface area contributed by atoms with Gasteiger partial charge >= 0.3 is 5.97 Å². The van der Waals surface area contributed by atoms with Gasteiger partial charge in [0.05, 0.1) is 5.56 Å². The molecule has 0 spiro atoms. The van der Waals surface area contributed by atoms with Crippen LogP contribution in [0.15, 0.2) is 47.0 Å². The van der Waals surface area contributed by atoms with E-state index in [0.29, 0.717) is 23.3 Å². The second-order valence-corrected chi connectivity index (χ2v) is 7.13. The number of ether oxygens (including phenoxy) is 1. The van der Waals surface area contributed by atoms with Gasteiger partial charge < -0.3 is 14.4 Å². The third kappa shape index (κ3) is 4.07. The van der Waals surface area contributed by atoms with E-state index in [1.165, 1.54) is 6.07 Å². The van der Waals surface area contributed by atoms with E-state index >= 15 is 0 Å². The predicted octanol–water partition coefficient (Wildman–Crippen LogP) is 4.70. The van der Waals surface area contributed by atoms with Gasteiger partial charge in [-0.05, 0) is 61.7 Å². The fourth-order valence-corrected chi connectivity index (χ4v) is 3.06. The molecule has 1 saturated carbocycles. The molecular formula is C22H19FN2O5. The number of hydrogen-bond donors (Lipinski definition) is 1. The molecule has 0 saturated heterocycles. The molecule has 30 heavy (non-hydrogen) atoms. The number of carboxylic acid groups (broad SMARTS) is 1. The van der Waals surface area contributed by atoms with E-state index in [9.17, 15) is 14.0 Å². The Labute approximate surface area is 171 Å². The van der Waals surface area contributed by atoms with Gasteiger partial charge in [-0.25, -0.2) is 9.18 Å². The molecule has 4 rings (SSSR count). The summed E-state index contributed by atoms with van der Waals surface area (Å²) < 4.78 is 25.1. The summed E-state index contributed by atoms with van der Waals surface area (Å²) in [6, 6.07) is 10.6. The highest BCUT2D eigenvalue weighted by atomic mass is 19.1. The van der Waals surface area contributed by atoms with Crippen molar-refractivity contribution in [3.05, 3.63) is 65.3 Å². The van der Waals surface area contributed by atoms with Crippen LogP contribution in [0.1, 0.15) is 58.9 Å². The van der Waals surface area contributed by atoms with Gasteiger partial charge in [0, 0.05) is 17.0 Å². The van der Waals surface area contributed by atoms with E-state index in [0.717, 1.165) is 25.0 Å². The molecule has 154 valence electrons. The van der Waals surface area contributed by atoms with Crippen LogP contribution >= 0.6 is 0 Å². The average Bonchev–Trinajstić information content (AvgIpc) is 3.48. The van der Waals surface area contributed by atoms with E-state index in [2.05, 4.69) is 10.1 Å². The molecular weight excluding hydrogens is 391 g/mol. The van der Waals surface area contributed by atoms with Crippen LogP contribution in [0.4, 0.5) is 4.39 Å². The summed E-state index contributed by atoms with van der Waals surface area (Å²) in [5.41, 5.74) is 0.538. The van der Waals surface area contributed by atoms with Crippen LogP contribution in [0.3, 0.4) is 0 Å². The Morgan fingerprint density at radius 1 is 1.23 bits per heavy atom. The zero-order valence-electron chi connectivity index (χ0n) is 16.2. The molecule has 1 heterocycles. The lowest BCUT2D eigenvalue weighted by Gasteiger charge is -2.13. The van der Waals surface area contributed by atoms with Crippen LogP contribution in [-0.4, -0.2) is 27.0 Å². The number of aromatic nitrogens is 2. The molecule has 1 aromatic heterocycles. The second kappa shape index (κ2) is 8.06. The highest BCUT2D eigenvalue weighted by molar-refractivity contribution is 5.99. The lowest BCUT2D eigenvalue weighted by molar-refractivity contribution is 0.0691. The van der Waals surface area contributed by atoms with Gasteiger partial charge in [-0.1, -0.05) is 12.1 Å². The van der Waals surface area contributed by atoms with E-state index < -0.39 is 23.5 Å². The molecule has 0 aliphatic heterocycles. The number of carbonyl (C=O) groups is 2. The Balaban J connectivity index is 1.49. The summed E-state index contributed by atoms with van der Waals surface area (Å²) in [7, 11) is 0. The highest BCUT2D eigenvalue weighted by Gasteiger charge is 2.30. The van der Waals surface area contributed by atoms with Crippen molar-refractivity contribution in [1.29, 1.82) is 0 Å². The van der Waals surface area contributed by atoms with Crippen LogP contribution in [0, 0.1) is 11.7 Å². The Bertz CT molecular complexity index is 1090. The maximum atomic E-state index is 13.9. The maximum Gasteiger partial charge on any atom is 0.338 e. The molecule has 1 fully saturated rings. The molecule has 0 bridgehead atoms. The van der Waals surface area contributed by atoms with Crippen LogP contribution < -0.4 is 4.74 Å². The molecule has 1 aliphatic carbocycles. The van der Waals surface area contributed by atoms with Crippen molar-refractivity contribution in [2.75, 3.05) is 0 Å². The van der Waals surface area contributed by atoms with Crippen molar-refractivity contribution in [1.82, 2.24) is 10.1 Å². The Morgan fingerprint density at radius 3 is 2.57 bits per heavy atom. The number of hydrogen-bond acceptors (Lipinski definition) is 6. The van der Waals surface area contributed by atoms with Crippen LogP contribution in [0.5, 0.6) is 5.75 Å². The van der Waals surface area contributed by atoms with Gasteiger partial charge in [0.1, 0.15) is 11.6 Å². The summed E-state index contributed by atoms with van der Waals surface area (Å²) in [5.74, 6) is -0.997. The molecule has 1 N–H and O–H groups in total. The SMILES string of the molecule is CC[C@@H](Oc1ccc(C(=O)C2CC2)cc1)c1nc(-c2ccc(C(=O)O)c(F)c2)no1. The van der Waals surface area contributed by atoms with Crippen LogP contribution in [0.2, 0.25) is 0 Å². The van der Waals surface area contributed by atoms with E-state index in [-0.39, 0.29) is 23.4 Å². The van der Waals surface area contributed by atoms with Gasteiger partial charge in [0.25, 0.3) is 5.89 Å².